The van der Waals surface area contributed by atoms with Gasteiger partial charge in [-0.3, -0.25) is 19.9 Å². The zero-order valence-electron chi connectivity index (χ0n) is 15.7. The van der Waals surface area contributed by atoms with Crippen molar-refractivity contribution >= 4 is 5.69 Å². The molecule has 0 atom stereocenters. The molecule has 144 valence electrons. The predicted octanol–water partition coefficient (Wildman–Crippen LogP) is 0.795. The van der Waals surface area contributed by atoms with E-state index < -0.39 is 0 Å². The lowest BCUT2D eigenvalue weighted by molar-refractivity contribution is -0.385. The van der Waals surface area contributed by atoms with Crippen molar-refractivity contribution in [2.45, 2.75) is 13.1 Å². The maximum absolute atomic E-state index is 11.4. The van der Waals surface area contributed by atoms with E-state index in [1.54, 1.807) is 0 Å². The van der Waals surface area contributed by atoms with E-state index in [9.17, 15) is 15.2 Å². The van der Waals surface area contributed by atoms with Crippen LogP contribution in [-0.2, 0) is 13.1 Å². The maximum Gasteiger partial charge on any atom is 0.270 e. The van der Waals surface area contributed by atoms with Crippen LogP contribution in [0.3, 0.4) is 0 Å². The predicted molar refractivity (Wildman–Crippen MR) is 100 cm³/mol. The molecule has 1 N–H and O–H groups in total. The minimum absolute atomic E-state index is 0.0658. The summed E-state index contributed by atoms with van der Waals surface area (Å²) in [5.41, 5.74) is 1.39. The van der Waals surface area contributed by atoms with Crippen LogP contribution >= 0.6 is 0 Å². The number of hydrogen-bond acceptors (Lipinski definition) is 7. The zero-order valence-corrected chi connectivity index (χ0v) is 15.7. The van der Waals surface area contributed by atoms with Crippen LogP contribution in [0.5, 0.6) is 5.75 Å². The largest absolute Gasteiger partial charge is 0.507 e. The van der Waals surface area contributed by atoms with Crippen molar-refractivity contribution < 1.29 is 10.0 Å². The molecule has 1 aromatic carbocycles. The van der Waals surface area contributed by atoms with Crippen LogP contribution in [0.4, 0.5) is 5.69 Å². The molecule has 3 rings (SSSR count). The number of hydrogen-bond donors (Lipinski definition) is 1. The summed E-state index contributed by atoms with van der Waals surface area (Å²) in [5, 5.41) is 22.1. The number of benzene rings is 1. The second-order valence-electron chi connectivity index (χ2n) is 7.53. The summed E-state index contributed by atoms with van der Waals surface area (Å²) in [7, 11) is 4.19. The molecule has 2 heterocycles. The molecule has 2 saturated heterocycles. The molecule has 2 fully saturated rings. The molecule has 0 radical (unpaired) electrons. The van der Waals surface area contributed by atoms with Gasteiger partial charge in [0.15, 0.2) is 0 Å². The Morgan fingerprint density at radius 1 is 0.885 bits per heavy atom. The number of piperazine rings is 2. The van der Waals surface area contributed by atoms with Gasteiger partial charge in [-0.1, -0.05) is 0 Å². The number of phenolic OH excluding ortho intramolecular Hbond substituents is 1. The lowest BCUT2D eigenvalue weighted by atomic mass is 10.1. The molecule has 0 amide bonds. The van der Waals surface area contributed by atoms with E-state index in [2.05, 4.69) is 33.7 Å². The van der Waals surface area contributed by atoms with Crippen LogP contribution in [0.1, 0.15) is 11.1 Å². The molecular weight excluding hydrogens is 334 g/mol. The highest BCUT2D eigenvalue weighted by molar-refractivity contribution is 5.49. The van der Waals surface area contributed by atoms with Crippen molar-refractivity contribution in [3.05, 3.63) is 33.4 Å². The summed E-state index contributed by atoms with van der Waals surface area (Å²) in [4.78, 5) is 20.0. The lowest BCUT2D eigenvalue weighted by Crippen LogP contribution is -2.44. The van der Waals surface area contributed by atoms with Crippen LogP contribution in [0.25, 0.3) is 0 Å². The molecule has 26 heavy (non-hydrogen) atoms. The van der Waals surface area contributed by atoms with E-state index in [-0.39, 0.29) is 16.4 Å². The topological polar surface area (TPSA) is 76.3 Å². The Morgan fingerprint density at radius 2 is 1.27 bits per heavy atom. The number of aromatic hydroxyl groups is 1. The first-order valence-corrected chi connectivity index (χ1v) is 9.23. The van der Waals surface area contributed by atoms with Crippen molar-refractivity contribution in [2.75, 3.05) is 66.5 Å². The number of nitro groups is 1. The van der Waals surface area contributed by atoms with Crippen LogP contribution in [-0.4, -0.2) is 96.1 Å². The van der Waals surface area contributed by atoms with Crippen molar-refractivity contribution in [3.8, 4) is 5.75 Å². The molecule has 1 aromatic rings. The van der Waals surface area contributed by atoms with Crippen molar-refractivity contribution in [1.82, 2.24) is 19.6 Å². The number of nitrogens with zero attached hydrogens (tertiary/aromatic N) is 5. The second-order valence-corrected chi connectivity index (χ2v) is 7.53. The third-order valence-electron chi connectivity index (χ3n) is 5.44. The summed E-state index contributed by atoms with van der Waals surface area (Å²) < 4.78 is 0. The minimum atomic E-state index is -0.361. The second kappa shape index (κ2) is 8.30. The van der Waals surface area contributed by atoms with Crippen LogP contribution in [0.2, 0.25) is 0 Å². The zero-order chi connectivity index (χ0) is 18.7. The van der Waals surface area contributed by atoms with Gasteiger partial charge in [0.05, 0.1) is 4.92 Å². The van der Waals surface area contributed by atoms with Crippen molar-refractivity contribution in [2.24, 2.45) is 0 Å². The highest BCUT2D eigenvalue weighted by Crippen LogP contribution is 2.31. The minimum Gasteiger partial charge on any atom is -0.507 e. The fourth-order valence-corrected chi connectivity index (χ4v) is 3.58. The van der Waals surface area contributed by atoms with E-state index in [4.69, 9.17) is 0 Å². The molecule has 0 bridgehead atoms. The number of nitro benzene ring substituents is 1. The summed E-state index contributed by atoms with van der Waals surface area (Å²) in [6.45, 7) is 8.65. The SMILES string of the molecule is CN1CCN(Cc2cc([N+](=O)[O-])cc(CN3CCN(C)CC3)c2O)CC1. The van der Waals surface area contributed by atoms with Crippen LogP contribution in [0, 0.1) is 10.1 Å². The fraction of sp³-hybridized carbons (Fsp3) is 0.667. The summed E-state index contributed by atoms with van der Waals surface area (Å²) in [5.74, 6) is 0.216. The Balaban J connectivity index is 1.77. The molecule has 0 aromatic heterocycles. The number of rotatable bonds is 5. The number of likely N-dealkylation sites (N-methyl/N-ethyl adjacent to an activating group) is 2. The van der Waals surface area contributed by atoms with Crippen LogP contribution < -0.4 is 0 Å². The van der Waals surface area contributed by atoms with E-state index in [0.29, 0.717) is 24.2 Å². The van der Waals surface area contributed by atoms with Gasteiger partial charge in [0.2, 0.25) is 0 Å². The van der Waals surface area contributed by atoms with Gasteiger partial charge in [-0.15, -0.1) is 0 Å². The Morgan fingerprint density at radius 3 is 1.62 bits per heavy atom. The Bertz CT molecular complexity index is 593. The van der Waals surface area contributed by atoms with E-state index in [0.717, 1.165) is 52.4 Å². The Labute approximate surface area is 154 Å². The molecular formula is C18H29N5O3. The normalized spacial score (nSPS) is 21.2. The first-order chi connectivity index (χ1) is 12.4. The van der Waals surface area contributed by atoms with Crippen LogP contribution in [0.15, 0.2) is 12.1 Å². The van der Waals surface area contributed by atoms with Gasteiger partial charge in [-0.25, -0.2) is 0 Å². The van der Waals surface area contributed by atoms with Gasteiger partial charge in [0, 0.05) is 88.7 Å². The molecule has 0 saturated carbocycles. The maximum atomic E-state index is 11.4. The molecule has 0 spiro atoms. The molecule has 0 aliphatic carbocycles. The average Bonchev–Trinajstić information content (AvgIpc) is 2.62. The highest BCUT2D eigenvalue weighted by atomic mass is 16.6. The highest BCUT2D eigenvalue weighted by Gasteiger charge is 2.22. The van der Waals surface area contributed by atoms with Gasteiger partial charge in [-0.05, 0) is 14.1 Å². The summed E-state index contributed by atoms with van der Waals surface area (Å²) in [6, 6.07) is 3.06. The van der Waals surface area contributed by atoms with Gasteiger partial charge in [0.25, 0.3) is 5.69 Å². The van der Waals surface area contributed by atoms with E-state index in [1.165, 1.54) is 12.1 Å². The standard InChI is InChI=1S/C18H29N5O3/c1-19-3-7-21(8-4-19)13-15-11-17(23(25)26)12-16(18(15)24)14-22-9-5-20(2)6-10-22/h11-12,24H,3-10,13-14H2,1-2H3. The molecule has 8 nitrogen and oxygen atoms in total. The van der Waals surface area contributed by atoms with E-state index >= 15 is 0 Å². The first-order valence-electron chi connectivity index (χ1n) is 9.23. The molecule has 0 unspecified atom stereocenters. The van der Waals surface area contributed by atoms with Gasteiger partial charge in [-0.2, -0.15) is 0 Å². The van der Waals surface area contributed by atoms with Gasteiger partial charge in [0.1, 0.15) is 5.75 Å². The van der Waals surface area contributed by atoms with Gasteiger partial charge < -0.3 is 14.9 Å². The van der Waals surface area contributed by atoms with E-state index in [1.807, 2.05) is 0 Å². The van der Waals surface area contributed by atoms with Gasteiger partial charge >= 0.3 is 0 Å². The quantitative estimate of drug-likeness (QED) is 0.612. The third kappa shape index (κ3) is 4.70. The first kappa shape index (κ1) is 19.0. The molecule has 2 aliphatic heterocycles. The smallest absolute Gasteiger partial charge is 0.270 e. The van der Waals surface area contributed by atoms with Crippen molar-refractivity contribution in [1.29, 1.82) is 0 Å². The number of phenols is 1. The fourth-order valence-electron chi connectivity index (χ4n) is 3.58. The monoisotopic (exact) mass is 363 g/mol. The molecule has 8 heteroatoms. The third-order valence-corrected chi connectivity index (χ3v) is 5.44. The van der Waals surface area contributed by atoms with Crippen molar-refractivity contribution in [3.63, 3.8) is 0 Å². The molecule has 2 aliphatic rings. The summed E-state index contributed by atoms with van der Waals surface area (Å²) in [6.07, 6.45) is 0. The Kier molecular flexibility index (Phi) is 6.08. The average molecular weight is 363 g/mol. The lowest BCUT2D eigenvalue weighted by Gasteiger charge is -2.33. The summed E-state index contributed by atoms with van der Waals surface area (Å²) >= 11 is 0. The Hall–Kier alpha value is -1.74. The number of non-ortho nitro benzene ring substituents is 1.